The zero-order valence-corrected chi connectivity index (χ0v) is 22.3. The highest BCUT2D eigenvalue weighted by atomic mass is 32.1. The van der Waals surface area contributed by atoms with Crippen LogP contribution in [0.5, 0.6) is 0 Å². The van der Waals surface area contributed by atoms with Crippen LogP contribution in [0.1, 0.15) is 0 Å². The van der Waals surface area contributed by atoms with E-state index in [9.17, 15) is 4.79 Å². The monoisotopic (exact) mass is 536 g/mol. The van der Waals surface area contributed by atoms with Gasteiger partial charge in [0.1, 0.15) is 11.2 Å². The summed E-state index contributed by atoms with van der Waals surface area (Å²) in [5, 5.41) is 5.94. The summed E-state index contributed by atoms with van der Waals surface area (Å²) in [4.78, 5) is 14.3. The lowest BCUT2D eigenvalue weighted by molar-refractivity contribution is 0.660. The molecule has 0 saturated heterocycles. The van der Waals surface area contributed by atoms with Crippen molar-refractivity contribution in [2.24, 2.45) is 0 Å². The summed E-state index contributed by atoms with van der Waals surface area (Å²) in [6, 6.07) is 39.3. The summed E-state index contributed by atoms with van der Waals surface area (Å²) >= 11 is 3.60. The van der Waals surface area contributed by atoms with Gasteiger partial charge >= 0.3 is 0 Å². The van der Waals surface area contributed by atoms with Crippen LogP contribution in [0.3, 0.4) is 0 Å². The normalized spacial score (nSPS) is 11.7. The van der Waals surface area contributed by atoms with Gasteiger partial charge < -0.3 is 4.42 Å². The molecule has 0 atom stereocenters. The number of hydrogen-bond donors (Lipinski definition) is 0. The van der Waals surface area contributed by atoms with E-state index in [1.54, 1.807) is 22.7 Å². The summed E-state index contributed by atoms with van der Waals surface area (Å²) in [6.45, 7) is 0. The Morgan fingerprint density at radius 1 is 0.513 bits per heavy atom. The molecule has 8 aromatic rings. The van der Waals surface area contributed by atoms with Crippen molar-refractivity contribution >= 4 is 64.8 Å². The van der Waals surface area contributed by atoms with E-state index in [0.717, 1.165) is 10.4 Å². The molecule has 0 N–H and O–H groups in total. The molecule has 0 bridgehead atoms. The molecule has 0 radical (unpaired) electrons. The third kappa shape index (κ3) is 3.49. The van der Waals surface area contributed by atoms with Crippen LogP contribution >= 0.6 is 22.7 Å². The standard InChI is InChI=1S/C35H20O2S2/c36-33-24-13-7-8-14-28(24)37-29-19-23(15-16-25(29)33)30-20-27-32(22-11-5-2-6-12-22)34-26(17-18-38-34)31(35(27)39-30)21-9-3-1-4-10-21/h1-20H. The van der Waals surface area contributed by atoms with Gasteiger partial charge in [-0.3, -0.25) is 4.79 Å². The van der Waals surface area contributed by atoms with Gasteiger partial charge in [-0.25, -0.2) is 0 Å². The minimum atomic E-state index is 0.00713. The lowest BCUT2D eigenvalue weighted by atomic mass is 9.93. The number of fused-ring (bicyclic) bond motifs is 4. The minimum Gasteiger partial charge on any atom is -0.456 e. The summed E-state index contributed by atoms with van der Waals surface area (Å²) in [6.07, 6.45) is 0. The molecule has 0 saturated carbocycles. The van der Waals surface area contributed by atoms with Crippen molar-refractivity contribution in [2.45, 2.75) is 0 Å². The van der Waals surface area contributed by atoms with Crippen LogP contribution in [0, 0.1) is 0 Å². The first-order chi connectivity index (χ1) is 19.3. The molecule has 0 amide bonds. The Balaban J connectivity index is 1.44. The maximum atomic E-state index is 13.1. The second-order valence-electron chi connectivity index (χ2n) is 9.64. The molecular weight excluding hydrogens is 517 g/mol. The molecule has 0 spiro atoms. The topological polar surface area (TPSA) is 30.2 Å². The number of rotatable bonds is 3. The van der Waals surface area contributed by atoms with Crippen LogP contribution < -0.4 is 5.43 Å². The van der Waals surface area contributed by atoms with Crippen LogP contribution in [-0.2, 0) is 0 Å². The zero-order valence-electron chi connectivity index (χ0n) is 20.7. The highest BCUT2D eigenvalue weighted by Crippen LogP contribution is 2.50. The summed E-state index contributed by atoms with van der Waals surface area (Å²) in [5.41, 5.74) is 7.26. The van der Waals surface area contributed by atoms with E-state index in [0.29, 0.717) is 21.9 Å². The Morgan fingerprint density at radius 2 is 1.18 bits per heavy atom. The third-order valence-electron chi connectivity index (χ3n) is 7.38. The van der Waals surface area contributed by atoms with Gasteiger partial charge in [0, 0.05) is 36.2 Å². The van der Waals surface area contributed by atoms with Gasteiger partial charge in [-0.15, -0.1) is 22.7 Å². The Bertz CT molecular complexity index is 2150. The fraction of sp³-hybridized carbons (Fsp3) is 0. The molecule has 8 rings (SSSR count). The first-order valence-corrected chi connectivity index (χ1v) is 14.5. The molecule has 5 aromatic carbocycles. The predicted molar refractivity (Wildman–Crippen MR) is 167 cm³/mol. The Morgan fingerprint density at radius 3 is 1.95 bits per heavy atom. The largest absolute Gasteiger partial charge is 0.456 e. The maximum absolute atomic E-state index is 13.1. The van der Waals surface area contributed by atoms with E-state index >= 15 is 0 Å². The van der Waals surface area contributed by atoms with Crippen molar-refractivity contribution in [3.05, 3.63) is 131 Å². The molecule has 184 valence electrons. The van der Waals surface area contributed by atoms with Crippen molar-refractivity contribution < 1.29 is 4.42 Å². The first kappa shape index (κ1) is 22.5. The maximum Gasteiger partial charge on any atom is 0.200 e. The molecule has 0 aliphatic heterocycles. The highest BCUT2D eigenvalue weighted by Gasteiger charge is 2.21. The molecule has 0 unspecified atom stereocenters. The summed E-state index contributed by atoms with van der Waals surface area (Å²) < 4.78 is 8.77. The van der Waals surface area contributed by atoms with E-state index < -0.39 is 0 Å². The van der Waals surface area contributed by atoms with Gasteiger partial charge in [-0.1, -0.05) is 78.9 Å². The molecule has 0 aliphatic rings. The quantitative estimate of drug-likeness (QED) is 0.210. The van der Waals surface area contributed by atoms with Crippen LogP contribution in [0.25, 0.3) is 74.8 Å². The van der Waals surface area contributed by atoms with E-state index in [-0.39, 0.29) is 5.43 Å². The van der Waals surface area contributed by atoms with E-state index in [1.807, 2.05) is 42.5 Å². The molecular formula is C35H20O2S2. The second-order valence-corrected chi connectivity index (χ2v) is 11.6. The molecule has 0 aliphatic carbocycles. The van der Waals surface area contributed by atoms with Crippen molar-refractivity contribution in [1.82, 2.24) is 0 Å². The van der Waals surface area contributed by atoms with Crippen LogP contribution in [-0.4, -0.2) is 0 Å². The average Bonchev–Trinajstić information content (AvgIpc) is 3.64. The Labute approximate surface area is 232 Å². The highest BCUT2D eigenvalue weighted by molar-refractivity contribution is 7.23. The first-order valence-electron chi connectivity index (χ1n) is 12.8. The number of benzene rings is 5. The molecule has 3 aromatic heterocycles. The fourth-order valence-electron chi connectivity index (χ4n) is 5.59. The second kappa shape index (κ2) is 8.77. The molecule has 3 heterocycles. The number of thiophene rings is 2. The number of hydrogen-bond acceptors (Lipinski definition) is 4. The van der Waals surface area contributed by atoms with Crippen molar-refractivity contribution in [2.75, 3.05) is 0 Å². The lowest BCUT2D eigenvalue weighted by Gasteiger charge is -2.12. The lowest BCUT2D eigenvalue weighted by Crippen LogP contribution is -2.01. The van der Waals surface area contributed by atoms with E-state index in [4.69, 9.17) is 4.42 Å². The van der Waals surface area contributed by atoms with E-state index in [2.05, 4.69) is 78.2 Å². The van der Waals surface area contributed by atoms with Gasteiger partial charge in [0.15, 0.2) is 0 Å². The summed E-state index contributed by atoms with van der Waals surface area (Å²) in [7, 11) is 0. The van der Waals surface area contributed by atoms with Crippen molar-refractivity contribution in [3.63, 3.8) is 0 Å². The van der Waals surface area contributed by atoms with Crippen molar-refractivity contribution in [1.29, 1.82) is 0 Å². The fourth-order valence-corrected chi connectivity index (χ4v) is 7.81. The molecule has 39 heavy (non-hydrogen) atoms. The average molecular weight is 537 g/mol. The number of para-hydroxylation sites is 1. The third-order valence-corrected chi connectivity index (χ3v) is 9.51. The van der Waals surface area contributed by atoms with Gasteiger partial charge in [0.2, 0.25) is 5.43 Å². The minimum absolute atomic E-state index is 0.00713. The predicted octanol–water partition coefficient (Wildman–Crippen LogP) is 10.4. The van der Waals surface area contributed by atoms with Gasteiger partial charge in [-0.2, -0.15) is 0 Å². The molecule has 2 nitrogen and oxygen atoms in total. The summed E-state index contributed by atoms with van der Waals surface area (Å²) in [5.74, 6) is 0. The van der Waals surface area contributed by atoms with Crippen LogP contribution in [0.15, 0.2) is 130 Å². The SMILES string of the molecule is O=c1c2ccccc2oc2cc(-c3cc4c(-c5ccccc5)c5sccc5c(-c5ccccc5)c4s3)ccc12. The molecule has 0 fully saturated rings. The van der Waals surface area contributed by atoms with Gasteiger partial charge in [0.25, 0.3) is 0 Å². The van der Waals surface area contributed by atoms with Gasteiger partial charge in [0.05, 0.1) is 10.8 Å². The Hall–Kier alpha value is -4.51. The zero-order chi connectivity index (χ0) is 25.9. The Kier molecular flexibility index (Phi) is 5.05. The van der Waals surface area contributed by atoms with Crippen LogP contribution in [0.2, 0.25) is 0 Å². The molecule has 4 heteroatoms. The van der Waals surface area contributed by atoms with Crippen LogP contribution in [0.4, 0.5) is 0 Å². The smallest absolute Gasteiger partial charge is 0.200 e. The van der Waals surface area contributed by atoms with E-state index in [1.165, 1.54) is 42.4 Å². The van der Waals surface area contributed by atoms with Crippen molar-refractivity contribution in [3.8, 4) is 32.7 Å². The van der Waals surface area contributed by atoms with Gasteiger partial charge in [-0.05, 0) is 58.5 Å².